The van der Waals surface area contributed by atoms with E-state index in [1.165, 1.54) is 0 Å². The van der Waals surface area contributed by atoms with Crippen molar-refractivity contribution in [2.75, 3.05) is 51.8 Å². The number of piperidine rings is 1. The Kier molecular flexibility index (Phi) is 5.83. The van der Waals surface area contributed by atoms with Crippen molar-refractivity contribution < 1.29 is 14.3 Å². The van der Waals surface area contributed by atoms with E-state index in [9.17, 15) is 4.79 Å². The molecule has 4 rings (SSSR count). The Morgan fingerprint density at radius 2 is 1.77 bits per heavy atom. The van der Waals surface area contributed by atoms with Crippen LogP contribution in [0.1, 0.15) is 26.7 Å². The fraction of sp³-hybridized carbons (Fsp3) is 0.591. The average Bonchev–Trinajstić information content (AvgIpc) is 3.17. The lowest BCUT2D eigenvalue weighted by atomic mass is 9.89. The second-order valence-corrected chi connectivity index (χ2v) is 8.04. The highest BCUT2D eigenvalue weighted by Crippen LogP contribution is 2.36. The third-order valence-electron chi connectivity index (χ3n) is 6.64. The van der Waals surface area contributed by atoms with E-state index in [1.54, 1.807) is 20.5 Å². The SMILES string of the molecule is CCN1CCN(C(C)C2CCN(c3ncnc4cc(OC)c(OC)cc34)CC2)C1=O. The summed E-state index contributed by atoms with van der Waals surface area (Å²) >= 11 is 0. The van der Waals surface area contributed by atoms with Gasteiger partial charge in [-0.05, 0) is 38.7 Å². The highest BCUT2D eigenvalue weighted by Gasteiger charge is 2.36. The molecule has 30 heavy (non-hydrogen) atoms. The zero-order chi connectivity index (χ0) is 21.3. The van der Waals surface area contributed by atoms with Gasteiger partial charge in [-0.15, -0.1) is 0 Å². The molecule has 0 aliphatic carbocycles. The third-order valence-corrected chi connectivity index (χ3v) is 6.64. The Bertz CT molecular complexity index is 913. The molecule has 1 aromatic heterocycles. The number of hydrogen-bond acceptors (Lipinski definition) is 6. The number of amides is 2. The van der Waals surface area contributed by atoms with Gasteiger partial charge in [0.1, 0.15) is 12.1 Å². The van der Waals surface area contributed by atoms with Crippen LogP contribution in [0.25, 0.3) is 10.9 Å². The van der Waals surface area contributed by atoms with Gasteiger partial charge in [0, 0.05) is 50.2 Å². The van der Waals surface area contributed by atoms with E-state index in [4.69, 9.17) is 9.47 Å². The molecular formula is C22H31N5O3. The summed E-state index contributed by atoms with van der Waals surface area (Å²) in [5, 5.41) is 0.968. The van der Waals surface area contributed by atoms with Gasteiger partial charge in [-0.3, -0.25) is 0 Å². The molecule has 2 amide bonds. The maximum atomic E-state index is 12.6. The van der Waals surface area contributed by atoms with Crippen molar-refractivity contribution in [1.29, 1.82) is 0 Å². The van der Waals surface area contributed by atoms with Crippen molar-refractivity contribution in [3.8, 4) is 11.5 Å². The predicted octanol–water partition coefficient (Wildman–Crippen LogP) is 3.01. The molecule has 1 unspecified atom stereocenters. The Morgan fingerprint density at radius 3 is 2.40 bits per heavy atom. The monoisotopic (exact) mass is 413 g/mol. The number of carbonyl (C=O) groups is 1. The summed E-state index contributed by atoms with van der Waals surface area (Å²) in [4.78, 5) is 27.9. The number of fused-ring (bicyclic) bond motifs is 1. The van der Waals surface area contributed by atoms with Crippen molar-refractivity contribution in [3.63, 3.8) is 0 Å². The molecule has 3 heterocycles. The summed E-state index contributed by atoms with van der Waals surface area (Å²) in [6.07, 6.45) is 3.69. The molecule has 1 aromatic carbocycles. The second kappa shape index (κ2) is 8.53. The molecule has 0 bridgehead atoms. The maximum absolute atomic E-state index is 12.6. The van der Waals surface area contributed by atoms with Gasteiger partial charge in [0.05, 0.1) is 19.7 Å². The van der Waals surface area contributed by atoms with Crippen LogP contribution in [0.3, 0.4) is 0 Å². The minimum atomic E-state index is 0.190. The number of anilines is 1. The van der Waals surface area contributed by atoms with Crippen LogP contribution in [0.15, 0.2) is 18.5 Å². The normalized spacial score (nSPS) is 18.9. The third kappa shape index (κ3) is 3.59. The molecule has 8 heteroatoms. The minimum absolute atomic E-state index is 0.190. The van der Waals surface area contributed by atoms with E-state index in [0.717, 1.165) is 62.3 Å². The van der Waals surface area contributed by atoms with E-state index >= 15 is 0 Å². The summed E-state index contributed by atoms with van der Waals surface area (Å²) in [7, 11) is 3.27. The van der Waals surface area contributed by atoms with Gasteiger partial charge in [-0.2, -0.15) is 0 Å². The summed E-state index contributed by atoms with van der Waals surface area (Å²) in [6.45, 7) is 8.54. The average molecular weight is 414 g/mol. The van der Waals surface area contributed by atoms with E-state index in [1.807, 2.05) is 24.0 Å². The molecule has 2 saturated heterocycles. The molecule has 2 aromatic rings. The number of carbonyl (C=O) groups excluding carboxylic acids is 1. The first-order valence-electron chi connectivity index (χ1n) is 10.7. The molecule has 1 atom stereocenters. The molecule has 0 saturated carbocycles. The first-order valence-corrected chi connectivity index (χ1v) is 10.7. The molecule has 2 fully saturated rings. The van der Waals surface area contributed by atoms with Gasteiger partial charge < -0.3 is 24.2 Å². The lowest BCUT2D eigenvalue weighted by Crippen LogP contribution is -2.46. The van der Waals surface area contributed by atoms with Crippen LogP contribution < -0.4 is 14.4 Å². The van der Waals surface area contributed by atoms with Crippen molar-refractivity contribution in [2.24, 2.45) is 5.92 Å². The highest BCUT2D eigenvalue weighted by atomic mass is 16.5. The number of nitrogens with zero attached hydrogens (tertiary/aromatic N) is 5. The van der Waals surface area contributed by atoms with Crippen LogP contribution >= 0.6 is 0 Å². The summed E-state index contributed by atoms with van der Waals surface area (Å²) in [5.74, 6) is 2.78. The summed E-state index contributed by atoms with van der Waals surface area (Å²) < 4.78 is 10.9. The Hall–Kier alpha value is -2.77. The lowest BCUT2D eigenvalue weighted by molar-refractivity contribution is 0.154. The molecule has 8 nitrogen and oxygen atoms in total. The van der Waals surface area contributed by atoms with Crippen molar-refractivity contribution >= 4 is 22.8 Å². The van der Waals surface area contributed by atoms with Gasteiger partial charge in [0.2, 0.25) is 0 Å². The quantitative estimate of drug-likeness (QED) is 0.725. The number of urea groups is 1. The van der Waals surface area contributed by atoms with E-state index in [0.29, 0.717) is 17.4 Å². The first-order chi connectivity index (χ1) is 14.6. The minimum Gasteiger partial charge on any atom is -0.493 e. The largest absolute Gasteiger partial charge is 0.493 e. The zero-order valence-corrected chi connectivity index (χ0v) is 18.3. The standard InChI is InChI=1S/C22H31N5O3/c1-5-25-10-11-27(22(25)28)15(2)16-6-8-26(9-7-16)21-17-12-19(29-3)20(30-4)13-18(17)23-14-24-21/h12-16H,5-11H2,1-4H3. The van der Waals surface area contributed by atoms with E-state index in [2.05, 4.69) is 26.7 Å². The lowest BCUT2D eigenvalue weighted by Gasteiger charge is -2.38. The second-order valence-electron chi connectivity index (χ2n) is 8.04. The number of aromatic nitrogens is 2. The van der Waals surface area contributed by atoms with Gasteiger partial charge in [-0.25, -0.2) is 14.8 Å². The number of hydrogen-bond donors (Lipinski definition) is 0. The number of rotatable bonds is 6. The van der Waals surface area contributed by atoms with Gasteiger partial charge in [0.25, 0.3) is 0 Å². The van der Waals surface area contributed by atoms with Gasteiger partial charge in [-0.1, -0.05) is 0 Å². The number of likely N-dealkylation sites (N-methyl/N-ethyl adjacent to an activating group) is 1. The van der Waals surface area contributed by atoms with Crippen LogP contribution in [0.4, 0.5) is 10.6 Å². The van der Waals surface area contributed by atoms with E-state index in [-0.39, 0.29) is 12.1 Å². The Morgan fingerprint density at radius 1 is 1.07 bits per heavy atom. The first kappa shape index (κ1) is 20.5. The molecule has 162 valence electrons. The van der Waals surface area contributed by atoms with Gasteiger partial charge >= 0.3 is 6.03 Å². The molecule has 2 aliphatic rings. The molecule has 0 spiro atoms. The molecular weight excluding hydrogens is 382 g/mol. The fourth-order valence-corrected chi connectivity index (χ4v) is 4.74. The summed E-state index contributed by atoms with van der Waals surface area (Å²) in [6, 6.07) is 4.31. The van der Waals surface area contributed by atoms with Crippen LogP contribution in [0.2, 0.25) is 0 Å². The zero-order valence-electron chi connectivity index (χ0n) is 18.3. The maximum Gasteiger partial charge on any atom is 0.320 e. The number of ether oxygens (including phenoxy) is 2. The Labute approximate surface area is 177 Å². The Balaban J connectivity index is 1.49. The molecule has 0 N–H and O–H groups in total. The fourth-order valence-electron chi connectivity index (χ4n) is 4.74. The smallest absolute Gasteiger partial charge is 0.320 e. The van der Waals surface area contributed by atoms with Crippen LogP contribution in [0.5, 0.6) is 11.5 Å². The van der Waals surface area contributed by atoms with Crippen molar-refractivity contribution in [1.82, 2.24) is 19.8 Å². The van der Waals surface area contributed by atoms with Crippen LogP contribution in [-0.4, -0.2) is 78.8 Å². The predicted molar refractivity (Wildman–Crippen MR) is 116 cm³/mol. The number of benzene rings is 1. The van der Waals surface area contributed by atoms with Crippen molar-refractivity contribution in [3.05, 3.63) is 18.5 Å². The van der Waals surface area contributed by atoms with Crippen molar-refractivity contribution in [2.45, 2.75) is 32.7 Å². The molecule has 0 radical (unpaired) electrons. The summed E-state index contributed by atoms with van der Waals surface area (Å²) in [5.41, 5.74) is 0.843. The number of methoxy groups -OCH3 is 2. The topological polar surface area (TPSA) is 71.0 Å². The van der Waals surface area contributed by atoms with Crippen LogP contribution in [0, 0.1) is 5.92 Å². The van der Waals surface area contributed by atoms with Gasteiger partial charge in [0.15, 0.2) is 11.5 Å². The van der Waals surface area contributed by atoms with Crippen LogP contribution in [-0.2, 0) is 0 Å². The molecule has 2 aliphatic heterocycles. The van der Waals surface area contributed by atoms with E-state index < -0.39 is 0 Å². The highest BCUT2D eigenvalue weighted by molar-refractivity contribution is 5.92.